The fourth-order valence-corrected chi connectivity index (χ4v) is 2.67. The topological polar surface area (TPSA) is 34.0 Å². The van der Waals surface area contributed by atoms with Crippen LogP contribution < -0.4 is 10.9 Å². The van der Waals surface area contributed by atoms with Gasteiger partial charge < -0.3 is 9.88 Å². The van der Waals surface area contributed by atoms with E-state index in [1.54, 1.807) is 10.6 Å². The number of hydrogen-bond donors (Lipinski definition) is 1. The second kappa shape index (κ2) is 6.07. The lowest BCUT2D eigenvalue weighted by atomic mass is 9.87. The quantitative estimate of drug-likeness (QED) is 0.887. The highest BCUT2D eigenvalue weighted by atomic mass is 16.1. The van der Waals surface area contributed by atoms with Crippen molar-refractivity contribution in [1.82, 2.24) is 4.57 Å². The van der Waals surface area contributed by atoms with Crippen LogP contribution in [0.2, 0.25) is 0 Å². The Labute approximate surface area is 109 Å². The molecule has 1 aliphatic rings. The van der Waals surface area contributed by atoms with E-state index in [-0.39, 0.29) is 5.56 Å². The van der Waals surface area contributed by atoms with Crippen LogP contribution in [0, 0.1) is 5.92 Å². The SMILES string of the molecule is CCCn1cc(NC2CCC(C)CC2)ccc1=O. The molecule has 1 aliphatic carbocycles. The molecule has 1 aromatic rings. The van der Waals surface area contributed by atoms with Gasteiger partial charge in [0.15, 0.2) is 0 Å². The van der Waals surface area contributed by atoms with Crippen LogP contribution in [0.3, 0.4) is 0 Å². The molecule has 3 nitrogen and oxygen atoms in total. The molecule has 0 saturated heterocycles. The maximum absolute atomic E-state index is 11.6. The van der Waals surface area contributed by atoms with Crippen molar-refractivity contribution in [2.24, 2.45) is 5.92 Å². The Bertz CT molecular complexity index is 430. The van der Waals surface area contributed by atoms with Crippen LogP contribution in [0.5, 0.6) is 0 Å². The first-order chi connectivity index (χ1) is 8.69. The molecule has 1 saturated carbocycles. The Morgan fingerprint density at radius 3 is 2.67 bits per heavy atom. The van der Waals surface area contributed by atoms with Gasteiger partial charge in [-0.1, -0.05) is 13.8 Å². The molecule has 1 heterocycles. The minimum atomic E-state index is 0.0969. The first-order valence-electron chi connectivity index (χ1n) is 7.16. The van der Waals surface area contributed by atoms with E-state index >= 15 is 0 Å². The average Bonchev–Trinajstić information content (AvgIpc) is 2.37. The lowest BCUT2D eigenvalue weighted by Gasteiger charge is -2.27. The van der Waals surface area contributed by atoms with Crippen molar-refractivity contribution < 1.29 is 0 Å². The fourth-order valence-electron chi connectivity index (χ4n) is 2.67. The molecule has 0 bridgehead atoms. The molecule has 0 aliphatic heterocycles. The smallest absolute Gasteiger partial charge is 0.250 e. The number of aryl methyl sites for hydroxylation is 1. The molecule has 0 radical (unpaired) electrons. The zero-order chi connectivity index (χ0) is 13.0. The second-order valence-corrected chi connectivity index (χ2v) is 5.55. The molecule has 0 spiro atoms. The van der Waals surface area contributed by atoms with Crippen molar-refractivity contribution in [3.05, 3.63) is 28.7 Å². The highest BCUT2D eigenvalue weighted by molar-refractivity contribution is 5.41. The largest absolute Gasteiger partial charge is 0.381 e. The predicted octanol–water partition coefficient (Wildman–Crippen LogP) is 3.25. The summed E-state index contributed by atoms with van der Waals surface area (Å²) in [5.41, 5.74) is 1.18. The third-order valence-electron chi connectivity index (χ3n) is 3.83. The van der Waals surface area contributed by atoms with Gasteiger partial charge in [0.2, 0.25) is 0 Å². The lowest BCUT2D eigenvalue weighted by molar-refractivity contribution is 0.361. The molecule has 100 valence electrons. The highest BCUT2D eigenvalue weighted by Crippen LogP contribution is 2.25. The zero-order valence-corrected chi connectivity index (χ0v) is 11.5. The number of nitrogens with one attached hydrogen (secondary N) is 1. The van der Waals surface area contributed by atoms with Gasteiger partial charge in [0, 0.05) is 24.8 Å². The molecule has 3 heteroatoms. The van der Waals surface area contributed by atoms with Gasteiger partial charge in [0.1, 0.15) is 0 Å². The fraction of sp³-hybridized carbons (Fsp3) is 0.667. The summed E-state index contributed by atoms with van der Waals surface area (Å²) < 4.78 is 1.80. The molecule has 1 fully saturated rings. The first kappa shape index (κ1) is 13.2. The zero-order valence-electron chi connectivity index (χ0n) is 11.5. The molecular weight excluding hydrogens is 224 g/mol. The van der Waals surface area contributed by atoms with E-state index in [4.69, 9.17) is 0 Å². The monoisotopic (exact) mass is 248 g/mol. The van der Waals surface area contributed by atoms with Gasteiger partial charge in [-0.25, -0.2) is 0 Å². The van der Waals surface area contributed by atoms with E-state index < -0.39 is 0 Å². The Kier molecular flexibility index (Phi) is 4.45. The standard InChI is InChI=1S/C15H24N2O/c1-3-10-17-11-14(8-9-15(17)18)16-13-6-4-12(2)5-7-13/h8-9,11-13,16H,3-7,10H2,1-2H3. The van der Waals surface area contributed by atoms with E-state index in [0.717, 1.165) is 24.6 Å². The van der Waals surface area contributed by atoms with Crippen LogP contribution in [0.1, 0.15) is 46.0 Å². The summed E-state index contributed by atoms with van der Waals surface area (Å²) in [5, 5.41) is 3.57. The number of pyridine rings is 1. The Morgan fingerprint density at radius 1 is 1.28 bits per heavy atom. The number of nitrogens with zero attached hydrogens (tertiary/aromatic N) is 1. The summed E-state index contributed by atoms with van der Waals surface area (Å²) in [6.07, 6.45) is 8.06. The van der Waals surface area contributed by atoms with Gasteiger partial charge in [-0.3, -0.25) is 4.79 Å². The summed E-state index contributed by atoms with van der Waals surface area (Å²) in [4.78, 5) is 11.6. The molecule has 0 unspecified atom stereocenters. The molecule has 0 atom stereocenters. The van der Waals surface area contributed by atoms with Crippen LogP contribution in [0.4, 0.5) is 5.69 Å². The van der Waals surface area contributed by atoms with Gasteiger partial charge >= 0.3 is 0 Å². The summed E-state index contributed by atoms with van der Waals surface area (Å²) in [6.45, 7) is 5.22. The van der Waals surface area contributed by atoms with Crippen molar-refractivity contribution in [1.29, 1.82) is 0 Å². The van der Waals surface area contributed by atoms with Crippen LogP contribution in [0.25, 0.3) is 0 Å². The van der Waals surface area contributed by atoms with Gasteiger partial charge in [-0.2, -0.15) is 0 Å². The van der Waals surface area contributed by atoms with E-state index in [2.05, 4.69) is 19.2 Å². The van der Waals surface area contributed by atoms with Crippen LogP contribution in [0.15, 0.2) is 23.1 Å². The third kappa shape index (κ3) is 3.37. The van der Waals surface area contributed by atoms with Crippen LogP contribution in [-0.4, -0.2) is 10.6 Å². The minimum absolute atomic E-state index is 0.0969. The molecule has 0 amide bonds. The van der Waals surface area contributed by atoms with E-state index in [9.17, 15) is 4.79 Å². The normalized spacial score (nSPS) is 23.9. The highest BCUT2D eigenvalue weighted by Gasteiger charge is 2.17. The Morgan fingerprint density at radius 2 is 2.00 bits per heavy atom. The van der Waals surface area contributed by atoms with E-state index in [0.29, 0.717) is 6.04 Å². The van der Waals surface area contributed by atoms with Crippen molar-refractivity contribution in [2.45, 2.75) is 58.5 Å². The maximum Gasteiger partial charge on any atom is 0.250 e. The summed E-state index contributed by atoms with van der Waals surface area (Å²) in [7, 11) is 0. The van der Waals surface area contributed by atoms with Gasteiger partial charge in [0.25, 0.3) is 5.56 Å². The summed E-state index contributed by atoms with van der Waals surface area (Å²) >= 11 is 0. The minimum Gasteiger partial charge on any atom is -0.381 e. The molecule has 18 heavy (non-hydrogen) atoms. The number of hydrogen-bond acceptors (Lipinski definition) is 2. The molecule has 0 aromatic carbocycles. The van der Waals surface area contributed by atoms with Crippen molar-refractivity contribution >= 4 is 5.69 Å². The average molecular weight is 248 g/mol. The lowest BCUT2D eigenvalue weighted by Crippen LogP contribution is -2.26. The Hall–Kier alpha value is -1.25. The van der Waals surface area contributed by atoms with Crippen molar-refractivity contribution in [2.75, 3.05) is 5.32 Å². The van der Waals surface area contributed by atoms with Gasteiger partial charge in [-0.15, -0.1) is 0 Å². The van der Waals surface area contributed by atoms with Crippen LogP contribution in [-0.2, 0) is 6.54 Å². The summed E-state index contributed by atoms with van der Waals surface area (Å²) in [6, 6.07) is 4.16. The summed E-state index contributed by atoms with van der Waals surface area (Å²) in [5.74, 6) is 0.872. The number of aromatic nitrogens is 1. The second-order valence-electron chi connectivity index (χ2n) is 5.55. The molecular formula is C15H24N2O. The predicted molar refractivity (Wildman–Crippen MR) is 76.0 cm³/mol. The third-order valence-corrected chi connectivity index (χ3v) is 3.83. The number of rotatable bonds is 4. The van der Waals surface area contributed by atoms with Crippen LogP contribution >= 0.6 is 0 Å². The van der Waals surface area contributed by atoms with Gasteiger partial charge in [0.05, 0.1) is 5.69 Å². The van der Waals surface area contributed by atoms with E-state index in [1.165, 1.54) is 25.7 Å². The Balaban J connectivity index is 2.01. The molecule has 2 rings (SSSR count). The molecule has 1 N–H and O–H groups in total. The van der Waals surface area contributed by atoms with Gasteiger partial charge in [-0.05, 0) is 44.1 Å². The first-order valence-corrected chi connectivity index (χ1v) is 7.16. The number of anilines is 1. The maximum atomic E-state index is 11.6. The van der Waals surface area contributed by atoms with Crippen molar-refractivity contribution in [3.63, 3.8) is 0 Å². The van der Waals surface area contributed by atoms with E-state index in [1.807, 2.05) is 12.3 Å². The van der Waals surface area contributed by atoms with Crippen molar-refractivity contribution in [3.8, 4) is 0 Å². The molecule has 1 aromatic heterocycles.